The molecule has 1 aromatic rings. The summed E-state index contributed by atoms with van der Waals surface area (Å²) in [5.74, 6) is 1.09. The molecule has 0 amide bonds. The van der Waals surface area contributed by atoms with Crippen LogP contribution in [-0.4, -0.2) is 43.5 Å². The van der Waals surface area contributed by atoms with Crippen molar-refractivity contribution in [2.45, 2.75) is 51.7 Å². The molecule has 25 heavy (non-hydrogen) atoms. The van der Waals surface area contributed by atoms with Gasteiger partial charge in [-0.25, -0.2) is 4.79 Å². The van der Waals surface area contributed by atoms with E-state index in [9.17, 15) is 13.2 Å². The summed E-state index contributed by atoms with van der Waals surface area (Å²) in [6.45, 7) is 6.11. The zero-order chi connectivity index (χ0) is 18.7. The van der Waals surface area contributed by atoms with E-state index in [1.54, 1.807) is 12.1 Å². The normalized spacial score (nSPS) is 14.7. The van der Waals surface area contributed by atoms with Gasteiger partial charge in [-0.15, -0.1) is 0 Å². The van der Waals surface area contributed by atoms with E-state index in [0.717, 1.165) is 31.2 Å². The molecule has 0 aliphatic rings. The molecule has 0 spiro atoms. The fourth-order valence-corrected chi connectivity index (χ4v) is 5.67. The molecule has 0 heterocycles. The first kappa shape index (κ1) is 22.0. The lowest BCUT2D eigenvalue weighted by atomic mass is 10.1. The van der Waals surface area contributed by atoms with E-state index in [0.29, 0.717) is 22.8 Å². The first-order valence-electron chi connectivity index (χ1n) is 8.93. The maximum Gasteiger partial charge on any atom is 0.338 e. The van der Waals surface area contributed by atoms with Gasteiger partial charge in [-0.2, -0.15) is 0 Å². The van der Waals surface area contributed by atoms with Gasteiger partial charge in [0.25, 0.3) is 0 Å². The Morgan fingerprint density at radius 2 is 1.64 bits per heavy atom. The third kappa shape index (κ3) is 8.77. The van der Waals surface area contributed by atoms with Crippen LogP contribution in [0, 0.1) is 6.92 Å². The molecule has 142 valence electrons. The van der Waals surface area contributed by atoms with Crippen LogP contribution in [0.4, 0.5) is 0 Å². The summed E-state index contributed by atoms with van der Waals surface area (Å²) in [4.78, 5) is 12.2. The van der Waals surface area contributed by atoms with Crippen molar-refractivity contribution in [2.24, 2.45) is 0 Å². The Labute approximate surface area is 156 Å². The Hall–Kier alpha value is -1.01. The molecule has 0 saturated carbocycles. The highest BCUT2D eigenvalue weighted by Gasteiger charge is 2.22. The van der Waals surface area contributed by atoms with E-state index in [-0.39, 0.29) is 11.9 Å². The number of rotatable bonds is 12. The number of unbranched alkanes of at least 4 members (excludes halogenated alkanes) is 2. The van der Waals surface area contributed by atoms with Crippen molar-refractivity contribution in [3.05, 3.63) is 35.4 Å². The third-order valence-corrected chi connectivity index (χ3v) is 7.32. The molecule has 0 radical (unpaired) electrons. The zero-order valence-corrected chi connectivity index (χ0v) is 17.1. The van der Waals surface area contributed by atoms with Crippen molar-refractivity contribution in [1.82, 2.24) is 0 Å². The van der Waals surface area contributed by atoms with Crippen LogP contribution in [0.1, 0.15) is 55.5 Å². The third-order valence-electron chi connectivity index (χ3n) is 3.86. The van der Waals surface area contributed by atoms with Gasteiger partial charge in [0.1, 0.15) is 6.61 Å². The summed E-state index contributed by atoms with van der Waals surface area (Å²) >= 11 is 0. The zero-order valence-electron chi connectivity index (χ0n) is 15.5. The summed E-state index contributed by atoms with van der Waals surface area (Å²) in [6.07, 6.45) is 3.69. The van der Waals surface area contributed by atoms with Crippen molar-refractivity contribution in [3.8, 4) is 0 Å². The number of esters is 1. The Morgan fingerprint density at radius 3 is 2.24 bits per heavy atom. The van der Waals surface area contributed by atoms with Gasteiger partial charge in [0.15, 0.2) is 0 Å². The van der Waals surface area contributed by atoms with Crippen molar-refractivity contribution < 1.29 is 17.9 Å². The number of hydrogen-bond donors (Lipinski definition) is 0. The van der Waals surface area contributed by atoms with Gasteiger partial charge in [-0.1, -0.05) is 44.4 Å². The highest BCUT2D eigenvalue weighted by molar-refractivity contribution is 7.89. The predicted octanol–water partition coefficient (Wildman–Crippen LogP) is 3.62. The van der Waals surface area contributed by atoms with Crippen molar-refractivity contribution in [1.29, 1.82) is 0 Å². The predicted molar refractivity (Wildman–Crippen MR) is 106 cm³/mol. The molecule has 0 aromatic heterocycles. The molecule has 3 atom stereocenters. The van der Waals surface area contributed by atoms with E-state index >= 15 is 0 Å². The second kappa shape index (κ2) is 12.4. The summed E-state index contributed by atoms with van der Waals surface area (Å²) in [7, 11) is -2.15. The fraction of sp³-hybridized carbons (Fsp3) is 0.632. The van der Waals surface area contributed by atoms with Gasteiger partial charge in [0.2, 0.25) is 0 Å². The Balaban J connectivity index is 2.64. The minimum absolute atomic E-state index is 0.0564. The summed E-state index contributed by atoms with van der Waals surface area (Å²) in [5.41, 5.74) is 1.55. The minimum Gasteiger partial charge on any atom is -0.461 e. The molecule has 6 heteroatoms. The number of carbonyl (C=O) groups is 1. The maximum absolute atomic E-state index is 12.5. The van der Waals surface area contributed by atoms with Crippen LogP contribution in [0.25, 0.3) is 0 Å². The topological polar surface area (TPSA) is 60.4 Å². The van der Waals surface area contributed by atoms with Gasteiger partial charge in [-0.05, 0) is 31.9 Å². The summed E-state index contributed by atoms with van der Waals surface area (Å²) in [5, 5.41) is -0.362. The van der Waals surface area contributed by atoms with Crippen LogP contribution in [0.5, 0.6) is 0 Å². The van der Waals surface area contributed by atoms with Crippen LogP contribution < -0.4 is 0 Å². The highest BCUT2D eigenvalue weighted by atomic mass is 32.2. The molecule has 0 unspecified atom stereocenters. The lowest BCUT2D eigenvalue weighted by Gasteiger charge is -2.16. The standard InChI is InChI=1S/C19H30O4S2/c1-4-6-12-24(21)15-18(25(22)13-7-5-2)14-23-19(20)17-10-8-16(3)9-11-17/h8-11,18H,4-7,12-15H2,1-3H3/t18-,24+,25-/m0/s1. The average molecular weight is 387 g/mol. The van der Waals surface area contributed by atoms with Gasteiger partial charge < -0.3 is 4.74 Å². The molecule has 0 aliphatic heterocycles. The molecular weight excluding hydrogens is 356 g/mol. The van der Waals surface area contributed by atoms with Crippen LogP contribution in [-0.2, 0) is 26.3 Å². The Kier molecular flexibility index (Phi) is 10.9. The van der Waals surface area contributed by atoms with Crippen molar-refractivity contribution in [2.75, 3.05) is 23.9 Å². The minimum atomic E-state index is -1.13. The van der Waals surface area contributed by atoms with E-state index in [1.807, 2.05) is 26.0 Å². The van der Waals surface area contributed by atoms with E-state index in [2.05, 4.69) is 6.92 Å². The maximum atomic E-state index is 12.5. The largest absolute Gasteiger partial charge is 0.461 e. The molecule has 1 rings (SSSR count). The second-order valence-electron chi connectivity index (χ2n) is 6.19. The second-order valence-corrected chi connectivity index (χ2v) is 9.65. The SMILES string of the molecule is CCCC[S@@](=O)C[C@H](COC(=O)c1ccc(C)cc1)[S@@](=O)CCCC. The van der Waals surface area contributed by atoms with Gasteiger partial charge >= 0.3 is 5.97 Å². The van der Waals surface area contributed by atoms with Gasteiger partial charge in [-0.3, -0.25) is 8.42 Å². The molecule has 4 nitrogen and oxygen atoms in total. The molecule has 0 aliphatic carbocycles. The van der Waals surface area contributed by atoms with Gasteiger partial charge in [0.05, 0.1) is 10.8 Å². The van der Waals surface area contributed by atoms with Crippen molar-refractivity contribution >= 4 is 27.6 Å². The smallest absolute Gasteiger partial charge is 0.338 e. The van der Waals surface area contributed by atoms with Gasteiger partial charge in [0, 0.05) is 38.9 Å². The lowest BCUT2D eigenvalue weighted by Crippen LogP contribution is -2.31. The average Bonchev–Trinajstić information content (AvgIpc) is 2.61. The first-order valence-corrected chi connectivity index (χ1v) is 11.8. The molecule has 0 saturated heterocycles. The van der Waals surface area contributed by atoms with Crippen molar-refractivity contribution in [3.63, 3.8) is 0 Å². The summed E-state index contributed by atoms with van der Waals surface area (Å²) in [6, 6.07) is 7.15. The number of benzene rings is 1. The quantitative estimate of drug-likeness (QED) is 0.515. The fourth-order valence-electron chi connectivity index (χ4n) is 2.19. The number of aryl methyl sites for hydroxylation is 1. The van der Waals surface area contributed by atoms with E-state index in [1.165, 1.54) is 0 Å². The molecule has 1 aromatic carbocycles. The lowest BCUT2D eigenvalue weighted by molar-refractivity contribution is 0.0510. The van der Waals surface area contributed by atoms with Crippen LogP contribution in [0.15, 0.2) is 24.3 Å². The van der Waals surface area contributed by atoms with Crippen LogP contribution in [0.2, 0.25) is 0 Å². The molecular formula is C19H30O4S2. The Morgan fingerprint density at radius 1 is 1.04 bits per heavy atom. The van der Waals surface area contributed by atoms with Crippen LogP contribution in [0.3, 0.4) is 0 Å². The number of ether oxygens (including phenoxy) is 1. The highest BCUT2D eigenvalue weighted by Crippen LogP contribution is 2.09. The van der Waals surface area contributed by atoms with E-state index in [4.69, 9.17) is 4.74 Å². The monoisotopic (exact) mass is 386 g/mol. The molecule has 0 N–H and O–H groups in total. The summed E-state index contributed by atoms with van der Waals surface area (Å²) < 4.78 is 30.0. The Bertz CT molecular complexity index is 569. The van der Waals surface area contributed by atoms with Crippen LogP contribution >= 0.6 is 0 Å². The first-order chi connectivity index (χ1) is 12.0. The molecule has 0 bridgehead atoms. The number of carbonyl (C=O) groups excluding carboxylic acids is 1. The molecule has 0 fully saturated rings. The number of hydrogen-bond acceptors (Lipinski definition) is 4. The van der Waals surface area contributed by atoms with E-state index < -0.39 is 27.6 Å².